The molecule has 7 nitrogen and oxygen atoms in total. The van der Waals surface area contributed by atoms with Crippen LogP contribution in [0.1, 0.15) is 21.6 Å². The zero-order valence-electron chi connectivity index (χ0n) is 15.7. The van der Waals surface area contributed by atoms with Gasteiger partial charge in [0.25, 0.3) is 5.91 Å². The monoisotopic (exact) mass is 371 g/mol. The molecule has 0 aliphatic carbocycles. The van der Waals surface area contributed by atoms with Crippen LogP contribution in [0.3, 0.4) is 0 Å². The zero-order valence-corrected chi connectivity index (χ0v) is 15.7. The maximum atomic E-state index is 13.3. The fraction of sp³-hybridized carbons (Fsp3) is 0.500. The second-order valence-electron chi connectivity index (χ2n) is 7.76. The lowest BCUT2D eigenvalue weighted by Gasteiger charge is -2.30. The average molecular weight is 371 g/mol. The Balaban J connectivity index is 1.62. The maximum Gasteiger partial charge on any atom is 0.317 e. The van der Waals surface area contributed by atoms with Gasteiger partial charge in [0.05, 0.1) is 25.8 Å². The van der Waals surface area contributed by atoms with E-state index in [0.717, 1.165) is 22.0 Å². The topological polar surface area (TPSA) is 85.9 Å². The van der Waals surface area contributed by atoms with Crippen molar-refractivity contribution in [2.24, 2.45) is 5.92 Å². The Morgan fingerprint density at radius 3 is 2.81 bits per heavy atom. The van der Waals surface area contributed by atoms with Gasteiger partial charge in [-0.3, -0.25) is 14.5 Å². The van der Waals surface area contributed by atoms with E-state index in [1.807, 2.05) is 35.8 Å². The van der Waals surface area contributed by atoms with Crippen molar-refractivity contribution in [3.8, 4) is 0 Å². The van der Waals surface area contributed by atoms with Crippen molar-refractivity contribution in [1.29, 1.82) is 0 Å². The van der Waals surface area contributed by atoms with Crippen molar-refractivity contribution in [1.82, 2.24) is 14.8 Å². The molecular formula is C20H25N3O4. The number of nitrogens with zero attached hydrogens (tertiary/aromatic N) is 2. The summed E-state index contributed by atoms with van der Waals surface area (Å²) in [5.41, 5.74) is 3.72. The molecule has 0 saturated carbocycles. The Morgan fingerprint density at radius 1 is 1.22 bits per heavy atom. The molecule has 4 rings (SSSR count). The van der Waals surface area contributed by atoms with Crippen LogP contribution in [0.2, 0.25) is 0 Å². The number of hydrogen-bond acceptors (Lipinski definition) is 4. The molecule has 2 fully saturated rings. The summed E-state index contributed by atoms with van der Waals surface area (Å²) < 4.78 is 5.71. The van der Waals surface area contributed by atoms with Crippen molar-refractivity contribution in [2.75, 3.05) is 39.4 Å². The van der Waals surface area contributed by atoms with Gasteiger partial charge < -0.3 is 19.7 Å². The van der Waals surface area contributed by atoms with E-state index < -0.39 is 5.97 Å². The highest BCUT2D eigenvalue weighted by Gasteiger charge is 2.36. The van der Waals surface area contributed by atoms with Gasteiger partial charge in [-0.1, -0.05) is 11.6 Å². The molecule has 2 N–H and O–H groups in total. The summed E-state index contributed by atoms with van der Waals surface area (Å²) in [5, 5.41) is 10.3. The Hall–Kier alpha value is -2.38. The van der Waals surface area contributed by atoms with Crippen molar-refractivity contribution < 1.29 is 19.4 Å². The Morgan fingerprint density at radius 2 is 2.04 bits per heavy atom. The van der Waals surface area contributed by atoms with E-state index in [1.54, 1.807) is 0 Å². The van der Waals surface area contributed by atoms with Crippen molar-refractivity contribution >= 4 is 22.8 Å². The van der Waals surface area contributed by atoms with Crippen LogP contribution >= 0.6 is 0 Å². The van der Waals surface area contributed by atoms with Gasteiger partial charge in [0.1, 0.15) is 5.69 Å². The number of nitrogens with one attached hydrogen (secondary N) is 1. The highest BCUT2D eigenvalue weighted by atomic mass is 16.5. The van der Waals surface area contributed by atoms with Crippen molar-refractivity contribution in [3.63, 3.8) is 0 Å². The number of rotatable bonds is 3. The molecule has 2 saturated heterocycles. The summed E-state index contributed by atoms with van der Waals surface area (Å²) >= 11 is 0. The van der Waals surface area contributed by atoms with E-state index in [1.165, 1.54) is 0 Å². The normalized spacial score (nSPS) is 23.4. The molecule has 2 aliphatic rings. The van der Waals surface area contributed by atoms with Gasteiger partial charge in [0.2, 0.25) is 0 Å². The molecule has 27 heavy (non-hydrogen) atoms. The number of fused-ring (bicyclic) bond motifs is 4. The number of carbonyl (C=O) groups excluding carboxylic acids is 1. The number of ether oxygens (including phenoxy) is 1. The van der Waals surface area contributed by atoms with Gasteiger partial charge in [0, 0.05) is 36.5 Å². The minimum Gasteiger partial charge on any atom is -0.480 e. The van der Waals surface area contributed by atoms with E-state index >= 15 is 0 Å². The largest absolute Gasteiger partial charge is 0.480 e. The molecule has 2 aliphatic heterocycles. The highest BCUT2D eigenvalue weighted by molar-refractivity contribution is 6.01. The molecule has 3 heterocycles. The highest BCUT2D eigenvalue weighted by Crippen LogP contribution is 2.26. The summed E-state index contributed by atoms with van der Waals surface area (Å²) in [7, 11) is 0. The molecule has 1 aromatic carbocycles. The van der Waals surface area contributed by atoms with E-state index in [9.17, 15) is 14.7 Å². The summed E-state index contributed by atoms with van der Waals surface area (Å²) in [4.78, 5) is 31.6. The molecule has 2 atom stereocenters. The molecule has 7 heteroatoms. The van der Waals surface area contributed by atoms with E-state index in [2.05, 4.69) is 11.1 Å². The predicted octanol–water partition coefficient (Wildman–Crippen LogP) is 1.64. The Kier molecular flexibility index (Phi) is 4.65. The van der Waals surface area contributed by atoms with Crippen LogP contribution < -0.4 is 0 Å². The number of carbonyl (C=O) groups is 2. The fourth-order valence-electron chi connectivity index (χ4n) is 4.27. The van der Waals surface area contributed by atoms with E-state index in [0.29, 0.717) is 38.5 Å². The summed E-state index contributed by atoms with van der Waals surface area (Å²) in [6, 6.07) is 6.04. The van der Waals surface area contributed by atoms with Crippen LogP contribution in [0, 0.1) is 19.8 Å². The van der Waals surface area contributed by atoms with E-state index in [-0.39, 0.29) is 24.4 Å². The smallest absolute Gasteiger partial charge is 0.317 e. The standard InChI is InChI=1S/C20H25N3O4/c1-12-3-4-17-16(5-12)13(2)19(21-17)20(26)23-7-14-6-22(9-18(24)25)15(8-23)11-27-10-14/h3-5,14-15,21H,6-11H2,1-2H3,(H,24,25)/t14-,15+/m1/s1. The number of aryl methyl sites for hydroxylation is 2. The number of H-pyrrole nitrogens is 1. The van der Waals surface area contributed by atoms with Crippen LogP contribution in [0.15, 0.2) is 18.2 Å². The van der Waals surface area contributed by atoms with Crippen LogP contribution in [-0.4, -0.2) is 77.2 Å². The lowest BCUT2D eigenvalue weighted by Crippen LogP contribution is -2.47. The number of aromatic nitrogens is 1. The first kappa shape index (κ1) is 18.0. The predicted molar refractivity (Wildman–Crippen MR) is 101 cm³/mol. The number of carboxylic acid groups (broad SMARTS) is 1. The molecule has 1 aromatic heterocycles. The van der Waals surface area contributed by atoms with Crippen molar-refractivity contribution in [2.45, 2.75) is 19.9 Å². The third kappa shape index (κ3) is 3.44. The van der Waals surface area contributed by atoms with Crippen LogP contribution in [0.5, 0.6) is 0 Å². The Labute approximate surface area is 157 Å². The quantitative estimate of drug-likeness (QED) is 0.857. The van der Waals surface area contributed by atoms with Crippen molar-refractivity contribution in [3.05, 3.63) is 35.0 Å². The van der Waals surface area contributed by atoms with Gasteiger partial charge in [-0.05, 0) is 31.5 Å². The summed E-state index contributed by atoms with van der Waals surface area (Å²) in [5.74, 6) is -0.745. The SMILES string of the molecule is Cc1ccc2[nH]c(C(=O)N3C[C@@H]4COC[C@H](C3)N(CC(=O)O)C4)c(C)c2c1. The third-order valence-electron chi connectivity index (χ3n) is 5.64. The minimum absolute atomic E-state index is 0.0166. The molecular weight excluding hydrogens is 346 g/mol. The molecule has 0 spiro atoms. The van der Waals surface area contributed by atoms with Crippen LogP contribution in [0.4, 0.5) is 0 Å². The molecule has 2 bridgehead atoms. The second kappa shape index (κ2) is 6.98. The molecule has 2 aromatic rings. The number of aliphatic carboxylic acids is 1. The number of carboxylic acids is 1. The van der Waals surface area contributed by atoms with Crippen LogP contribution in [-0.2, 0) is 9.53 Å². The maximum absolute atomic E-state index is 13.3. The number of amides is 1. The van der Waals surface area contributed by atoms with Gasteiger partial charge in [-0.2, -0.15) is 0 Å². The third-order valence-corrected chi connectivity index (χ3v) is 5.64. The van der Waals surface area contributed by atoms with Gasteiger partial charge in [0.15, 0.2) is 0 Å². The first-order valence-corrected chi connectivity index (χ1v) is 9.34. The van der Waals surface area contributed by atoms with Gasteiger partial charge >= 0.3 is 5.97 Å². The van der Waals surface area contributed by atoms with E-state index in [4.69, 9.17) is 4.74 Å². The molecule has 1 amide bonds. The second-order valence-corrected chi connectivity index (χ2v) is 7.76. The summed E-state index contributed by atoms with van der Waals surface area (Å²) in [6.45, 7) is 6.72. The lowest BCUT2D eigenvalue weighted by atomic mass is 10.1. The first-order valence-electron chi connectivity index (χ1n) is 9.34. The number of aromatic amines is 1. The first-order chi connectivity index (χ1) is 12.9. The fourth-order valence-corrected chi connectivity index (χ4v) is 4.27. The summed E-state index contributed by atoms with van der Waals surface area (Å²) in [6.07, 6.45) is 0. The van der Waals surface area contributed by atoms with Gasteiger partial charge in [-0.15, -0.1) is 0 Å². The minimum atomic E-state index is -0.845. The lowest BCUT2D eigenvalue weighted by molar-refractivity contribution is -0.139. The zero-order chi connectivity index (χ0) is 19.1. The van der Waals surface area contributed by atoms with Gasteiger partial charge in [-0.25, -0.2) is 0 Å². The average Bonchev–Trinajstić information content (AvgIpc) is 2.73. The number of benzene rings is 1. The number of hydrogen-bond donors (Lipinski definition) is 2. The molecule has 0 radical (unpaired) electrons. The molecule has 0 unspecified atom stereocenters. The Bertz CT molecular complexity index is 891. The molecule has 144 valence electrons. The van der Waals surface area contributed by atoms with Crippen LogP contribution in [0.25, 0.3) is 10.9 Å².